The van der Waals surface area contributed by atoms with E-state index >= 15 is 0 Å². The van der Waals surface area contributed by atoms with Crippen molar-refractivity contribution in [3.63, 3.8) is 0 Å². The molecule has 3 atom stereocenters. The fourth-order valence-corrected chi connectivity index (χ4v) is 2.73. The van der Waals surface area contributed by atoms with Crippen LogP contribution in [0.1, 0.15) is 12.0 Å². The van der Waals surface area contributed by atoms with Crippen LogP contribution in [-0.2, 0) is 16.1 Å². The van der Waals surface area contributed by atoms with Crippen LogP contribution in [-0.4, -0.2) is 31.2 Å². The van der Waals surface area contributed by atoms with Gasteiger partial charge in [-0.25, -0.2) is 0 Å². The molecule has 2 aliphatic heterocycles. The molecule has 1 aromatic rings. The van der Waals surface area contributed by atoms with Gasteiger partial charge in [-0.1, -0.05) is 30.3 Å². The number of hydrogen-bond acceptors (Lipinski definition) is 3. The molecule has 96 valence electrons. The lowest BCUT2D eigenvalue weighted by atomic mass is 9.99. The largest absolute Gasteiger partial charge is 0.371 e. The van der Waals surface area contributed by atoms with Crippen LogP contribution in [0, 0.1) is 5.92 Å². The Morgan fingerprint density at radius 3 is 2.94 bits per heavy atom. The van der Waals surface area contributed by atoms with Crippen molar-refractivity contribution in [3.05, 3.63) is 35.9 Å². The van der Waals surface area contributed by atoms with Crippen LogP contribution < -0.4 is 10.6 Å². The number of nitrogens with one attached hydrogen (secondary N) is 2. The zero-order chi connectivity index (χ0) is 12.4. The van der Waals surface area contributed by atoms with Gasteiger partial charge in [0.05, 0.1) is 18.1 Å². The predicted molar refractivity (Wildman–Crippen MR) is 67.9 cm³/mol. The smallest absolute Gasteiger partial charge is 0.226 e. The highest BCUT2D eigenvalue weighted by Crippen LogP contribution is 2.28. The Morgan fingerprint density at radius 1 is 1.33 bits per heavy atom. The number of morpholine rings is 1. The van der Waals surface area contributed by atoms with Crippen LogP contribution in [0.15, 0.2) is 30.3 Å². The first-order valence-electron chi connectivity index (χ1n) is 6.51. The van der Waals surface area contributed by atoms with Crippen molar-refractivity contribution in [1.29, 1.82) is 0 Å². The summed E-state index contributed by atoms with van der Waals surface area (Å²) in [5.41, 5.74) is 1.13. The van der Waals surface area contributed by atoms with E-state index in [1.54, 1.807) is 0 Å². The van der Waals surface area contributed by atoms with Crippen LogP contribution in [0.3, 0.4) is 0 Å². The lowest BCUT2D eigenvalue weighted by molar-refractivity contribution is -0.127. The maximum absolute atomic E-state index is 12.1. The van der Waals surface area contributed by atoms with E-state index in [1.165, 1.54) is 0 Å². The lowest BCUT2D eigenvalue weighted by Gasteiger charge is -2.22. The van der Waals surface area contributed by atoms with E-state index in [0.717, 1.165) is 25.1 Å². The van der Waals surface area contributed by atoms with Gasteiger partial charge in [-0.3, -0.25) is 4.79 Å². The standard InChI is InChI=1S/C14H18N2O2/c17-14(16-7-10-4-2-1-3-5-10)12-6-11-8-15-9-13(12)18-11/h1-5,11-13,15H,6-9H2,(H,16,17)/t11-,12+,13-/m0/s1. The maximum Gasteiger partial charge on any atom is 0.226 e. The van der Waals surface area contributed by atoms with Gasteiger partial charge in [0.25, 0.3) is 0 Å². The van der Waals surface area contributed by atoms with E-state index in [9.17, 15) is 4.79 Å². The molecular formula is C14H18N2O2. The van der Waals surface area contributed by atoms with Gasteiger partial charge in [0, 0.05) is 19.6 Å². The first kappa shape index (κ1) is 11.7. The third-order valence-electron chi connectivity index (χ3n) is 3.70. The Labute approximate surface area is 107 Å². The monoisotopic (exact) mass is 246 g/mol. The summed E-state index contributed by atoms with van der Waals surface area (Å²) in [5.74, 6) is 0.128. The number of benzene rings is 1. The highest BCUT2D eigenvalue weighted by molar-refractivity contribution is 5.79. The van der Waals surface area contributed by atoms with E-state index < -0.39 is 0 Å². The molecular weight excluding hydrogens is 228 g/mol. The molecule has 4 heteroatoms. The average molecular weight is 246 g/mol. The van der Waals surface area contributed by atoms with Crippen LogP contribution >= 0.6 is 0 Å². The summed E-state index contributed by atoms with van der Waals surface area (Å²) in [6.45, 7) is 2.26. The molecule has 0 aliphatic carbocycles. The summed E-state index contributed by atoms with van der Waals surface area (Å²) in [6.07, 6.45) is 1.12. The predicted octanol–water partition coefficient (Wildman–Crippen LogP) is 0.680. The van der Waals surface area contributed by atoms with Crippen LogP contribution in [0.25, 0.3) is 0 Å². The molecule has 0 aromatic heterocycles. The van der Waals surface area contributed by atoms with E-state index in [1.807, 2.05) is 30.3 Å². The molecule has 0 unspecified atom stereocenters. The van der Waals surface area contributed by atoms with E-state index in [0.29, 0.717) is 6.54 Å². The molecule has 1 aromatic carbocycles. The van der Waals surface area contributed by atoms with Crippen molar-refractivity contribution in [2.75, 3.05) is 13.1 Å². The molecule has 2 fully saturated rings. The van der Waals surface area contributed by atoms with Crippen molar-refractivity contribution in [3.8, 4) is 0 Å². The normalized spacial score (nSPS) is 30.1. The minimum atomic E-state index is 0.00807. The van der Waals surface area contributed by atoms with Crippen molar-refractivity contribution < 1.29 is 9.53 Å². The zero-order valence-corrected chi connectivity index (χ0v) is 10.3. The molecule has 4 nitrogen and oxygen atoms in total. The second kappa shape index (κ2) is 5.08. The highest BCUT2D eigenvalue weighted by Gasteiger charge is 2.41. The maximum atomic E-state index is 12.1. The zero-order valence-electron chi connectivity index (χ0n) is 10.3. The molecule has 2 heterocycles. The molecule has 1 amide bonds. The number of rotatable bonds is 3. The van der Waals surface area contributed by atoms with Gasteiger partial charge in [-0.05, 0) is 12.0 Å². The fourth-order valence-electron chi connectivity index (χ4n) is 2.73. The average Bonchev–Trinajstić information content (AvgIpc) is 2.72. The van der Waals surface area contributed by atoms with E-state index in [2.05, 4.69) is 10.6 Å². The second-order valence-corrected chi connectivity index (χ2v) is 5.00. The van der Waals surface area contributed by atoms with Gasteiger partial charge in [0.2, 0.25) is 5.91 Å². The molecule has 2 N–H and O–H groups in total. The van der Waals surface area contributed by atoms with Crippen LogP contribution in [0.2, 0.25) is 0 Å². The van der Waals surface area contributed by atoms with Gasteiger partial charge in [-0.15, -0.1) is 0 Å². The first-order chi connectivity index (χ1) is 8.83. The first-order valence-corrected chi connectivity index (χ1v) is 6.51. The minimum Gasteiger partial charge on any atom is -0.371 e. The SMILES string of the molecule is O=C(NCc1ccccc1)[C@@H]1C[C@H]2CNC[C@@H]1O2. The van der Waals surface area contributed by atoms with Crippen molar-refractivity contribution in [1.82, 2.24) is 10.6 Å². The van der Waals surface area contributed by atoms with Crippen molar-refractivity contribution >= 4 is 5.91 Å². The molecule has 2 saturated heterocycles. The number of fused-ring (bicyclic) bond motifs is 2. The fraction of sp³-hybridized carbons (Fsp3) is 0.500. The molecule has 2 aliphatic rings. The van der Waals surface area contributed by atoms with Crippen LogP contribution in [0.4, 0.5) is 0 Å². The Balaban J connectivity index is 1.56. The molecule has 18 heavy (non-hydrogen) atoms. The van der Waals surface area contributed by atoms with E-state index in [4.69, 9.17) is 4.74 Å². The topological polar surface area (TPSA) is 50.4 Å². The van der Waals surface area contributed by atoms with E-state index in [-0.39, 0.29) is 24.0 Å². The second-order valence-electron chi connectivity index (χ2n) is 5.00. The number of carbonyl (C=O) groups excluding carboxylic acids is 1. The summed E-state index contributed by atoms with van der Waals surface area (Å²) >= 11 is 0. The Morgan fingerprint density at radius 2 is 2.17 bits per heavy atom. The number of ether oxygens (including phenoxy) is 1. The molecule has 0 saturated carbocycles. The van der Waals surface area contributed by atoms with Gasteiger partial charge in [0.15, 0.2) is 0 Å². The number of carbonyl (C=O) groups is 1. The van der Waals surface area contributed by atoms with Crippen LogP contribution in [0.5, 0.6) is 0 Å². The quantitative estimate of drug-likeness (QED) is 0.824. The number of amides is 1. The molecule has 0 spiro atoms. The summed E-state index contributed by atoms with van der Waals surface area (Å²) in [6, 6.07) is 9.98. The van der Waals surface area contributed by atoms with Gasteiger partial charge in [0.1, 0.15) is 0 Å². The Hall–Kier alpha value is -1.39. The molecule has 2 bridgehead atoms. The summed E-state index contributed by atoms with van der Waals surface area (Å²) in [5, 5.41) is 6.31. The lowest BCUT2D eigenvalue weighted by Crippen LogP contribution is -2.42. The summed E-state index contributed by atoms with van der Waals surface area (Å²) < 4.78 is 5.76. The molecule has 0 radical (unpaired) electrons. The third-order valence-corrected chi connectivity index (χ3v) is 3.70. The van der Waals surface area contributed by atoms with Gasteiger partial charge >= 0.3 is 0 Å². The van der Waals surface area contributed by atoms with Gasteiger partial charge in [-0.2, -0.15) is 0 Å². The molecule has 3 rings (SSSR count). The summed E-state index contributed by atoms with van der Waals surface area (Å²) in [7, 11) is 0. The third kappa shape index (κ3) is 2.40. The Bertz CT molecular complexity index is 421. The van der Waals surface area contributed by atoms with Crippen molar-refractivity contribution in [2.45, 2.75) is 25.2 Å². The number of hydrogen-bond donors (Lipinski definition) is 2. The summed E-state index contributed by atoms with van der Waals surface area (Å²) in [4.78, 5) is 12.1. The minimum absolute atomic E-state index is 0.00807. The Kier molecular flexibility index (Phi) is 3.30. The highest BCUT2D eigenvalue weighted by atomic mass is 16.5. The van der Waals surface area contributed by atoms with Crippen molar-refractivity contribution in [2.24, 2.45) is 5.92 Å². The van der Waals surface area contributed by atoms with Gasteiger partial charge < -0.3 is 15.4 Å².